The van der Waals surface area contributed by atoms with Crippen molar-refractivity contribution in [2.45, 2.75) is 208 Å². The highest BCUT2D eigenvalue weighted by Crippen LogP contribution is 2.53. The van der Waals surface area contributed by atoms with Crippen LogP contribution in [0, 0.1) is 24.6 Å². The van der Waals surface area contributed by atoms with Crippen molar-refractivity contribution in [1.29, 1.82) is 0 Å². The molecule has 84 heavy (non-hydrogen) atoms. The largest absolute Gasteiger partial charge is 0.450 e. The van der Waals surface area contributed by atoms with Crippen LogP contribution in [0.5, 0.6) is 0 Å². The Kier molecular flexibility index (Phi) is 16.5. The number of anilines is 3. The molecular weight excluding hydrogens is 1100 g/mol. The van der Waals surface area contributed by atoms with Crippen molar-refractivity contribution in [1.82, 2.24) is 24.5 Å². The van der Waals surface area contributed by atoms with E-state index in [1.807, 2.05) is 36.6 Å². The fraction of sp³-hybridized carbons (Fsp3) is 0.701. The molecule has 458 valence electrons. The summed E-state index contributed by atoms with van der Waals surface area (Å²) in [6.07, 6.45) is 21.5. The fourth-order valence-electron chi connectivity index (χ4n) is 19.1. The number of carbonyl (C=O) groups excluding carboxylic acids is 2. The lowest BCUT2D eigenvalue weighted by Crippen LogP contribution is -2.55. The SMILES string of the molecule is CCCS(=O)(=O)N1CC2(CCN(C3CC4CCC(C3)N4C(=O)OCC)CC2)c2cc(F)ccc21.CCOC(=O)N1C2CCC1CC(N1CCC3(CC1)CNc1ccc(Cl)cc13)C2.Cc1ccc2c(c1)C1(CCN(C3CC4CCC3C4)CC1)CN2. The summed E-state index contributed by atoms with van der Waals surface area (Å²) in [7, 11) is -3.42. The summed E-state index contributed by atoms with van der Waals surface area (Å²) < 4.78 is 52.4. The second kappa shape index (κ2) is 23.6. The zero-order valence-corrected chi connectivity index (χ0v) is 52.2. The van der Waals surface area contributed by atoms with Gasteiger partial charge in [0.2, 0.25) is 10.0 Å². The van der Waals surface area contributed by atoms with E-state index >= 15 is 0 Å². The first-order valence-corrected chi connectivity index (χ1v) is 34.9. The van der Waals surface area contributed by atoms with Crippen molar-refractivity contribution in [3.63, 3.8) is 0 Å². The summed E-state index contributed by atoms with van der Waals surface area (Å²) in [5.74, 6) is 1.91. The Morgan fingerprint density at radius 2 is 1.11 bits per heavy atom. The number of ether oxygens (including phenoxy) is 2. The third-order valence-corrected chi connectivity index (χ3v) is 25.6. The van der Waals surface area contributed by atoms with Gasteiger partial charge in [-0.3, -0.25) is 4.31 Å². The maximum Gasteiger partial charge on any atom is 0.410 e. The van der Waals surface area contributed by atoms with Crippen LogP contribution in [0.3, 0.4) is 0 Å². The highest BCUT2D eigenvalue weighted by Gasteiger charge is 2.53. The normalized spacial score (nSPS) is 31.2. The summed E-state index contributed by atoms with van der Waals surface area (Å²) in [6, 6.07) is 21.0. The summed E-state index contributed by atoms with van der Waals surface area (Å²) >= 11 is 6.30. The van der Waals surface area contributed by atoms with Crippen LogP contribution in [0.1, 0.15) is 165 Å². The predicted molar refractivity (Wildman–Crippen MR) is 332 cm³/mol. The van der Waals surface area contributed by atoms with Crippen molar-refractivity contribution in [2.75, 3.05) is 92.8 Å². The Labute approximate surface area is 505 Å². The maximum atomic E-state index is 14.3. The number of rotatable bonds is 8. The van der Waals surface area contributed by atoms with Crippen LogP contribution in [-0.4, -0.2) is 165 Å². The quantitative estimate of drug-likeness (QED) is 0.224. The summed E-state index contributed by atoms with van der Waals surface area (Å²) in [4.78, 5) is 36.9. The minimum Gasteiger partial charge on any atom is -0.450 e. The van der Waals surface area contributed by atoms with Gasteiger partial charge >= 0.3 is 12.2 Å². The molecule has 2 amide bonds. The van der Waals surface area contributed by atoms with E-state index in [1.165, 1.54) is 93.0 Å². The van der Waals surface area contributed by atoms with Crippen molar-refractivity contribution < 1.29 is 31.9 Å². The highest BCUT2D eigenvalue weighted by molar-refractivity contribution is 7.92. The number of nitrogens with one attached hydrogen (secondary N) is 2. The van der Waals surface area contributed by atoms with Gasteiger partial charge in [-0.2, -0.15) is 0 Å². The molecule has 14 nitrogen and oxygen atoms in total. The van der Waals surface area contributed by atoms with Crippen molar-refractivity contribution in [3.8, 4) is 0 Å². The first-order valence-electron chi connectivity index (χ1n) is 32.9. The van der Waals surface area contributed by atoms with Gasteiger partial charge in [-0.05, 0) is 247 Å². The van der Waals surface area contributed by atoms with Crippen molar-refractivity contribution in [3.05, 3.63) is 87.7 Å². The van der Waals surface area contributed by atoms with Crippen molar-refractivity contribution in [2.24, 2.45) is 11.8 Å². The molecule has 17 heteroatoms. The molecule has 0 radical (unpaired) electrons. The van der Waals surface area contributed by atoms with Crippen LogP contribution in [0.2, 0.25) is 5.02 Å². The Bertz CT molecular complexity index is 2990. The van der Waals surface area contributed by atoms with E-state index in [1.54, 1.807) is 22.0 Å². The topological polar surface area (TPSA) is 130 Å². The molecule has 2 saturated carbocycles. The molecule has 3 spiro atoms. The second-order valence-electron chi connectivity index (χ2n) is 27.9. The average Bonchev–Trinajstić information content (AvgIpc) is 2.12. The molecule has 7 atom stereocenters. The van der Waals surface area contributed by atoms with E-state index in [0.29, 0.717) is 61.4 Å². The van der Waals surface area contributed by atoms with Crippen LogP contribution >= 0.6 is 11.6 Å². The number of carbonyl (C=O) groups is 2. The van der Waals surface area contributed by atoms with E-state index in [2.05, 4.69) is 62.6 Å². The zero-order valence-electron chi connectivity index (χ0n) is 50.6. The molecule has 3 aromatic carbocycles. The van der Waals surface area contributed by atoms with Gasteiger partial charge in [-0.15, -0.1) is 0 Å². The maximum absolute atomic E-state index is 14.3. The summed E-state index contributed by atoms with van der Waals surface area (Å²) in [6.45, 7) is 17.9. The number of likely N-dealkylation sites (tertiary alicyclic amines) is 3. The molecular formula is C67H94ClFN8O6S. The molecule has 7 unspecified atom stereocenters. The lowest BCUT2D eigenvalue weighted by atomic mass is 9.73. The number of hydrogen-bond donors (Lipinski definition) is 2. The Morgan fingerprint density at radius 3 is 1.61 bits per heavy atom. The number of sulfonamides is 1. The van der Waals surface area contributed by atoms with Gasteiger partial charge in [0.05, 0.1) is 24.7 Å². The number of nitrogens with zero attached hydrogens (tertiary/aromatic N) is 6. The number of amides is 2. The number of fused-ring (bicyclic) bond motifs is 12. The van der Waals surface area contributed by atoms with Gasteiger partial charge in [0.15, 0.2) is 0 Å². The molecule has 9 fully saturated rings. The van der Waals surface area contributed by atoms with E-state index < -0.39 is 10.0 Å². The number of halogens is 2. The molecule has 7 saturated heterocycles. The van der Waals surface area contributed by atoms with Gasteiger partial charge in [-0.25, -0.2) is 22.4 Å². The molecule has 10 heterocycles. The Hall–Kier alpha value is -4.35. The first-order chi connectivity index (χ1) is 40.6. The highest BCUT2D eigenvalue weighted by atomic mass is 35.5. The molecule has 3 aromatic rings. The monoisotopic (exact) mass is 1190 g/mol. The lowest BCUT2D eigenvalue weighted by Gasteiger charge is -2.47. The Morgan fingerprint density at radius 1 is 0.595 bits per heavy atom. The predicted octanol–water partition coefficient (Wildman–Crippen LogP) is 12.1. The summed E-state index contributed by atoms with van der Waals surface area (Å²) in [5.41, 5.74) is 8.94. The Balaban J connectivity index is 0.000000120. The number of benzene rings is 3. The minimum absolute atomic E-state index is 0.100. The van der Waals surface area contributed by atoms with Crippen LogP contribution in [0.25, 0.3) is 0 Å². The van der Waals surface area contributed by atoms with Gasteiger partial charge < -0.3 is 44.6 Å². The van der Waals surface area contributed by atoms with Crippen LogP contribution < -0.4 is 14.9 Å². The van der Waals surface area contributed by atoms with Gasteiger partial charge in [0.25, 0.3) is 0 Å². The molecule has 0 aromatic heterocycles. The van der Waals surface area contributed by atoms with Gasteiger partial charge in [0.1, 0.15) is 5.82 Å². The fourth-order valence-corrected chi connectivity index (χ4v) is 20.9. The number of aryl methyl sites for hydroxylation is 1. The van der Waals surface area contributed by atoms with Crippen molar-refractivity contribution >= 4 is 50.9 Å². The first kappa shape index (κ1) is 58.7. The van der Waals surface area contributed by atoms with Gasteiger partial charge in [-0.1, -0.05) is 42.6 Å². The van der Waals surface area contributed by atoms with Gasteiger partial charge in [0, 0.05) is 94.6 Å². The van der Waals surface area contributed by atoms with Crippen LogP contribution in [0.4, 0.5) is 31.0 Å². The lowest BCUT2D eigenvalue weighted by molar-refractivity contribution is 0.0278. The number of piperidine rings is 5. The molecule has 2 N–H and O–H groups in total. The second-order valence-corrected chi connectivity index (χ2v) is 30.3. The minimum atomic E-state index is -3.42. The zero-order chi connectivity index (χ0) is 58.1. The number of hydrogen-bond acceptors (Lipinski definition) is 11. The van der Waals surface area contributed by atoms with Crippen LogP contribution in [0.15, 0.2) is 54.6 Å². The third-order valence-electron chi connectivity index (χ3n) is 23.4. The van der Waals surface area contributed by atoms with E-state index in [-0.39, 0.29) is 46.7 Å². The smallest absolute Gasteiger partial charge is 0.410 e. The van der Waals surface area contributed by atoms with E-state index in [9.17, 15) is 22.4 Å². The average molecular weight is 1190 g/mol. The van der Waals surface area contributed by atoms with Crippen LogP contribution in [-0.2, 0) is 35.7 Å². The summed E-state index contributed by atoms with van der Waals surface area (Å²) in [5, 5.41) is 8.12. The molecule has 10 aliphatic heterocycles. The standard InChI is InChI=1S/C25H36FN3O4S.C22H30ClN3O2.C20H28N2/c1-3-13-34(31,32)28-17-25(22-14-18(26)5-8-23(22)28)9-11-27(12-10-25)21-15-19-6-7-20(16-21)29(19)24(30)33-4-2;1-2-28-21(27)26-16-4-5-17(26)13-18(12-16)25-9-7-22(8-10-25)14-24-20-6-3-15(23)11-19(20)22;1-14-2-5-18-17(10-14)20(13-21-18)6-8-22(9-7-20)19-12-15-3-4-16(19)11-15/h5,8,14,19-21H,3-4,6-7,9-13,15-17H2,1-2H3;3,6,11,16-18,24H,2,4-5,7-10,12-14H2,1H3;2,5,10,15-16,19,21H,3-4,6-9,11-13H2,1H3. The molecule has 2 aliphatic carbocycles. The molecule has 6 bridgehead atoms. The van der Waals surface area contributed by atoms with E-state index in [0.717, 1.165) is 132 Å². The third kappa shape index (κ3) is 10.9. The molecule has 15 rings (SSSR count). The van der Waals surface area contributed by atoms with E-state index in [4.69, 9.17) is 21.1 Å². The molecule has 12 aliphatic rings.